The van der Waals surface area contributed by atoms with Gasteiger partial charge in [0.2, 0.25) is 0 Å². The zero-order valence-electron chi connectivity index (χ0n) is 9.15. The van der Waals surface area contributed by atoms with Crippen LogP contribution in [0.4, 0.5) is 0 Å². The number of rotatable bonds is 4. The Morgan fingerprint density at radius 3 is 2.73 bits per heavy atom. The minimum atomic E-state index is -0.758. The average Bonchev–Trinajstić information content (AvgIpc) is 2.12. The first-order valence-corrected chi connectivity index (χ1v) is 5.78. The van der Waals surface area contributed by atoms with Gasteiger partial charge in [-0.05, 0) is 31.5 Å². The molecule has 0 amide bonds. The normalized spacial score (nSPS) is 12.5. The fraction of sp³-hybridized carbons (Fsp3) is 0.455. The molecule has 1 atom stereocenters. The average molecular weight is 225 g/mol. The fourth-order valence-corrected chi connectivity index (χ4v) is 2.20. The van der Waals surface area contributed by atoms with Gasteiger partial charge in [-0.3, -0.25) is 4.79 Å². The second-order valence-corrected chi connectivity index (χ2v) is 4.71. The van der Waals surface area contributed by atoms with E-state index in [1.807, 2.05) is 26.0 Å². The molecule has 1 rings (SSSR count). The summed E-state index contributed by atoms with van der Waals surface area (Å²) in [6.45, 7) is 5.66. The van der Waals surface area contributed by atoms with E-state index in [2.05, 4.69) is 4.98 Å². The Morgan fingerprint density at radius 2 is 2.20 bits per heavy atom. The second kappa shape index (κ2) is 5.16. The molecular weight excluding hydrogens is 210 g/mol. The number of carbonyl (C=O) groups is 1. The first-order chi connectivity index (χ1) is 6.99. The van der Waals surface area contributed by atoms with E-state index in [1.54, 1.807) is 6.92 Å². The van der Waals surface area contributed by atoms with Crippen molar-refractivity contribution in [2.24, 2.45) is 5.92 Å². The molecule has 0 aliphatic heterocycles. The lowest BCUT2D eigenvalue weighted by molar-refractivity contribution is -0.140. The van der Waals surface area contributed by atoms with Gasteiger partial charge in [0.25, 0.3) is 0 Å². The maximum atomic E-state index is 10.6. The number of thioether (sulfide) groups is 1. The Balaban J connectivity index is 2.61. The summed E-state index contributed by atoms with van der Waals surface area (Å²) < 4.78 is 0. The number of pyridine rings is 1. The number of carboxylic acids is 1. The van der Waals surface area contributed by atoms with Crippen LogP contribution in [0, 0.1) is 19.8 Å². The molecule has 1 unspecified atom stereocenters. The van der Waals surface area contributed by atoms with E-state index in [0.717, 1.165) is 16.3 Å². The molecule has 82 valence electrons. The van der Waals surface area contributed by atoms with Crippen molar-refractivity contribution in [2.75, 3.05) is 5.75 Å². The molecule has 1 N–H and O–H groups in total. The summed E-state index contributed by atoms with van der Waals surface area (Å²) in [5.74, 6) is -0.532. The van der Waals surface area contributed by atoms with Crippen molar-refractivity contribution < 1.29 is 9.90 Å². The fourth-order valence-electron chi connectivity index (χ4n) is 1.16. The Hall–Kier alpha value is -1.03. The number of hydrogen-bond donors (Lipinski definition) is 1. The maximum absolute atomic E-state index is 10.6. The second-order valence-electron chi connectivity index (χ2n) is 3.67. The quantitative estimate of drug-likeness (QED) is 0.800. The molecule has 0 radical (unpaired) electrons. The Labute approximate surface area is 93.9 Å². The predicted octanol–water partition coefficient (Wildman–Crippen LogP) is 2.51. The molecule has 0 saturated heterocycles. The number of aromatic nitrogens is 1. The Morgan fingerprint density at radius 1 is 1.53 bits per heavy atom. The zero-order chi connectivity index (χ0) is 11.4. The van der Waals surface area contributed by atoms with Gasteiger partial charge < -0.3 is 5.11 Å². The van der Waals surface area contributed by atoms with E-state index in [4.69, 9.17) is 5.11 Å². The lowest BCUT2D eigenvalue weighted by atomic mass is 10.2. The summed E-state index contributed by atoms with van der Waals surface area (Å²) >= 11 is 1.49. The Kier molecular flexibility index (Phi) is 4.15. The molecule has 1 heterocycles. The van der Waals surface area contributed by atoms with Crippen molar-refractivity contribution in [1.82, 2.24) is 4.98 Å². The van der Waals surface area contributed by atoms with Crippen molar-refractivity contribution in [3.63, 3.8) is 0 Å². The van der Waals surface area contributed by atoms with Crippen LogP contribution in [-0.2, 0) is 4.79 Å². The molecule has 0 bridgehead atoms. The maximum Gasteiger partial charge on any atom is 0.307 e. The first kappa shape index (κ1) is 12.0. The lowest BCUT2D eigenvalue weighted by Gasteiger charge is -2.06. The van der Waals surface area contributed by atoms with Gasteiger partial charge in [0.15, 0.2) is 0 Å². The van der Waals surface area contributed by atoms with Gasteiger partial charge in [-0.1, -0.05) is 6.92 Å². The minimum Gasteiger partial charge on any atom is -0.481 e. The highest BCUT2D eigenvalue weighted by Crippen LogP contribution is 2.20. The number of hydrogen-bond acceptors (Lipinski definition) is 3. The van der Waals surface area contributed by atoms with Crippen LogP contribution in [0.25, 0.3) is 0 Å². The third-order valence-electron chi connectivity index (χ3n) is 1.98. The third-order valence-corrected chi connectivity index (χ3v) is 3.15. The first-order valence-electron chi connectivity index (χ1n) is 4.80. The van der Waals surface area contributed by atoms with Crippen LogP contribution < -0.4 is 0 Å². The molecule has 15 heavy (non-hydrogen) atoms. The van der Waals surface area contributed by atoms with Crippen molar-refractivity contribution in [2.45, 2.75) is 25.8 Å². The number of nitrogens with zero attached hydrogens (tertiary/aromatic N) is 1. The molecule has 0 aliphatic rings. The van der Waals surface area contributed by atoms with Gasteiger partial charge in [0, 0.05) is 11.4 Å². The van der Waals surface area contributed by atoms with Crippen LogP contribution in [0.3, 0.4) is 0 Å². The van der Waals surface area contributed by atoms with Crippen molar-refractivity contribution >= 4 is 17.7 Å². The van der Waals surface area contributed by atoms with Gasteiger partial charge in [-0.15, -0.1) is 11.8 Å². The van der Waals surface area contributed by atoms with Crippen LogP contribution in [-0.4, -0.2) is 21.8 Å². The van der Waals surface area contributed by atoms with Crippen molar-refractivity contribution in [1.29, 1.82) is 0 Å². The summed E-state index contributed by atoms with van der Waals surface area (Å²) in [4.78, 5) is 15.0. The van der Waals surface area contributed by atoms with Gasteiger partial charge in [-0.2, -0.15) is 0 Å². The third kappa shape index (κ3) is 3.91. The highest BCUT2D eigenvalue weighted by atomic mass is 32.2. The predicted molar refractivity (Wildman–Crippen MR) is 61.2 cm³/mol. The van der Waals surface area contributed by atoms with E-state index in [9.17, 15) is 4.79 Å². The van der Waals surface area contributed by atoms with Gasteiger partial charge in [0.05, 0.1) is 10.9 Å². The van der Waals surface area contributed by atoms with E-state index < -0.39 is 5.97 Å². The molecule has 3 nitrogen and oxygen atoms in total. The van der Waals surface area contributed by atoms with Crippen LogP contribution in [0.1, 0.15) is 18.2 Å². The summed E-state index contributed by atoms with van der Waals surface area (Å²) in [5.41, 5.74) is 2.13. The smallest absolute Gasteiger partial charge is 0.307 e. The zero-order valence-corrected chi connectivity index (χ0v) is 9.97. The highest BCUT2D eigenvalue weighted by molar-refractivity contribution is 7.99. The molecular formula is C11H15NO2S. The number of aliphatic carboxylic acids is 1. The molecule has 4 heteroatoms. The van der Waals surface area contributed by atoms with Crippen LogP contribution in [0.5, 0.6) is 0 Å². The van der Waals surface area contributed by atoms with Crippen LogP contribution in [0.15, 0.2) is 17.2 Å². The summed E-state index contributed by atoms with van der Waals surface area (Å²) in [5, 5.41) is 9.64. The topological polar surface area (TPSA) is 50.2 Å². The van der Waals surface area contributed by atoms with Gasteiger partial charge in [-0.25, -0.2) is 4.98 Å². The largest absolute Gasteiger partial charge is 0.481 e. The molecule has 1 aromatic rings. The van der Waals surface area contributed by atoms with Gasteiger partial charge >= 0.3 is 5.97 Å². The van der Waals surface area contributed by atoms with E-state index >= 15 is 0 Å². The van der Waals surface area contributed by atoms with Gasteiger partial charge in [0.1, 0.15) is 0 Å². The minimum absolute atomic E-state index is 0.336. The summed E-state index contributed by atoms with van der Waals surface area (Å²) in [6.07, 6.45) is 0. The summed E-state index contributed by atoms with van der Waals surface area (Å²) in [7, 11) is 0. The molecule has 0 saturated carbocycles. The Bertz CT molecular complexity index is 345. The van der Waals surface area contributed by atoms with E-state index in [0.29, 0.717) is 5.75 Å². The SMILES string of the molecule is Cc1cc(C)nc(SCC(C)C(=O)O)c1. The van der Waals surface area contributed by atoms with Crippen molar-refractivity contribution in [3.8, 4) is 0 Å². The molecule has 0 aliphatic carbocycles. The lowest BCUT2D eigenvalue weighted by Crippen LogP contribution is -2.11. The molecule has 0 fully saturated rings. The number of aryl methyl sites for hydroxylation is 2. The van der Waals surface area contributed by atoms with Crippen LogP contribution in [0.2, 0.25) is 0 Å². The standard InChI is InChI=1S/C11H15NO2S/c1-7-4-9(3)12-10(5-7)15-6-8(2)11(13)14/h4-5,8H,6H2,1-3H3,(H,13,14). The molecule has 0 spiro atoms. The highest BCUT2D eigenvalue weighted by Gasteiger charge is 2.11. The summed E-state index contributed by atoms with van der Waals surface area (Å²) in [6, 6.07) is 3.98. The van der Waals surface area contributed by atoms with Crippen molar-refractivity contribution in [3.05, 3.63) is 23.4 Å². The van der Waals surface area contributed by atoms with Crippen LogP contribution >= 0.6 is 11.8 Å². The molecule has 1 aromatic heterocycles. The van der Waals surface area contributed by atoms with E-state index in [1.165, 1.54) is 11.8 Å². The number of carboxylic acid groups (broad SMARTS) is 1. The van der Waals surface area contributed by atoms with E-state index in [-0.39, 0.29) is 5.92 Å². The monoisotopic (exact) mass is 225 g/mol. The molecule has 0 aromatic carbocycles.